The molecule has 2 nitrogen and oxygen atoms in total. The molecule has 0 radical (unpaired) electrons. The summed E-state index contributed by atoms with van der Waals surface area (Å²) < 4.78 is 0. The molecule has 1 rings (SSSR count). The third kappa shape index (κ3) is 3.06. The molecule has 2 heteroatoms. The number of hydrogen-bond donors (Lipinski definition) is 1. The van der Waals surface area contributed by atoms with E-state index >= 15 is 0 Å². The molecule has 2 atom stereocenters. The summed E-state index contributed by atoms with van der Waals surface area (Å²) in [6, 6.07) is 11.5. The van der Waals surface area contributed by atoms with Gasteiger partial charge >= 0.3 is 0 Å². The first-order valence-electron chi connectivity index (χ1n) is 6.04. The fourth-order valence-electron chi connectivity index (χ4n) is 2.08. The largest absolute Gasteiger partial charge is 0.329 e. The van der Waals surface area contributed by atoms with E-state index in [1.54, 1.807) is 0 Å². The average molecular weight is 220 g/mol. The maximum Gasteiger partial charge on any atom is 0.0284 e. The second-order valence-corrected chi connectivity index (χ2v) is 4.76. The molecule has 2 N–H and O–H groups in total. The summed E-state index contributed by atoms with van der Waals surface area (Å²) in [5.74, 6) is 0.471. The van der Waals surface area contributed by atoms with Gasteiger partial charge in [0.05, 0.1) is 0 Å². The van der Waals surface area contributed by atoms with Gasteiger partial charge in [0, 0.05) is 18.6 Å². The fraction of sp³-hybridized carbons (Fsp3) is 0.571. The van der Waals surface area contributed by atoms with E-state index in [1.807, 2.05) is 0 Å². The number of nitrogens with two attached hydrogens (primary N) is 1. The van der Waals surface area contributed by atoms with Crippen LogP contribution in [-0.4, -0.2) is 30.6 Å². The Hall–Kier alpha value is -0.860. The Balaban J connectivity index is 2.81. The molecule has 0 saturated heterocycles. The Labute approximate surface area is 99.5 Å². The van der Waals surface area contributed by atoms with E-state index in [0.717, 1.165) is 0 Å². The zero-order chi connectivity index (χ0) is 12.1. The van der Waals surface area contributed by atoms with Crippen molar-refractivity contribution < 1.29 is 0 Å². The highest BCUT2D eigenvalue weighted by atomic mass is 15.2. The standard InChI is InChI=1S/C14H24N2/c1-11(2)16(4)14(10-15)12(3)13-8-6-5-7-9-13/h5-9,11-12,14H,10,15H2,1-4H3. The predicted octanol–water partition coefficient (Wildman–Crippen LogP) is 2.46. The Morgan fingerprint density at radius 3 is 2.12 bits per heavy atom. The molecular formula is C14H24N2. The molecule has 0 aromatic heterocycles. The van der Waals surface area contributed by atoms with Crippen LogP contribution in [0.5, 0.6) is 0 Å². The number of rotatable bonds is 5. The molecular weight excluding hydrogens is 196 g/mol. The second kappa shape index (κ2) is 6.02. The molecule has 16 heavy (non-hydrogen) atoms. The van der Waals surface area contributed by atoms with Gasteiger partial charge in [0.1, 0.15) is 0 Å². The summed E-state index contributed by atoms with van der Waals surface area (Å²) in [7, 11) is 2.15. The van der Waals surface area contributed by atoms with Gasteiger partial charge in [-0.1, -0.05) is 37.3 Å². The van der Waals surface area contributed by atoms with E-state index in [4.69, 9.17) is 5.73 Å². The third-order valence-electron chi connectivity index (χ3n) is 3.48. The first-order valence-corrected chi connectivity index (χ1v) is 6.04. The minimum atomic E-state index is 0.405. The van der Waals surface area contributed by atoms with Crippen LogP contribution in [0.2, 0.25) is 0 Å². The summed E-state index contributed by atoms with van der Waals surface area (Å²) in [6.07, 6.45) is 0. The molecule has 0 amide bonds. The Morgan fingerprint density at radius 2 is 1.69 bits per heavy atom. The van der Waals surface area contributed by atoms with Crippen LogP contribution in [0.1, 0.15) is 32.3 Å². The van der Waals surface area contributed by atoms with Gasteiger partial charge in [-0.2, -0.15) is 0 Å². The summed E-state index contributed by atoms with van der Waals surface area (Å²) in [5.41, 5.74) is 7.27. The van der Waals surface area contributed by atoms with Crippen LogP contribution < -0.4 is 5.73 Å². The van der Waals surface area contributed by atoms with Gasteiger partial charge in [-0.15, -0.1) is 0 Å². The molecule has 0 aliphatic rings. The summed E-state index contributed by atoms with van der Waals surface area (Å²) in [4.78, 5) is 2.36. The highest BCUT2D eigenvalue weighted by Crippen LogP contribution is 2.22. The van der Waals surface area contributed by atoms with Crippen molar-refractivity contribution in [1.82, 2.24) is 4.90 Å². The first kappa shape index (κ1) is 13.2. The normalized spacial score (nSPS) is 15.4. The molecule has 1 aromatic carbocycles. The summed E-state index contributed by atoms with van der Waals surface area (Å²) in [5, 5.41) is 0. The zero-order valence-electron chi connectivity index (χ0n) is 10.9. The van der Waals surface area contributed by atoms with Crippen molar-refractivity contribution >= 4 is 0 Å². The Morgan fingerprint density at radius 1 is 1.12 bits per heavy atom. The van der Waals surface area contributed by atoms with Crippen molar-refractivity contribution in [3.63, 3.8) is 0 Å². The van der Waals surface area contributed by atoms with Gasteiger partial charge in [0.25, 0.3) is 0 Å². The van der Waals surface area contributed by atoms with Gasteiger partial charge in [-0.3, -0.25) is 4.90 Å². The van der Waals surface area contributed by atoms with Crippen LogP contribution in [0.15, 0.2) is 30.3 Å². The lowest BCUT2D eigenvalue weighted by Crippen LogP contribution is -2.45. The smallest absolute Gasteiger partial charge is 0.0284 e. The average Bonchev–Trinajstić information content (AvgIpc) is 2.30. The van der Waals surface area contributed by atoms with Crippen LogP contribution in [0.25, 0.3) is 0 Å². The van der Waals surface area contributed by atoms with E-state index < -0.39 is 0 Å². The molecule has 0 saturated carbocycles. The lowest BCUT2D eigenvalue weighted by molar-refractivity contribution is 0.178. The van der Waals surface area contributed by atoms with Crippen molar-refractivity contribution in [3.8, 4) is 0 Å². The van der Waals surface area contributed by atoms with E-state index in [9.17, 15) is 0 Å². The van der Waals surface area contributed by atoms with E-state index in [2.05, 4.69) is 63.1 Å². The molecule has 0 aliphatic heterocycles. The molecule has 2 unspecified atom stereocenters. The van der Waals surface area contributed by atoms with Crippen LogP contribution >= 0.6 is 0 Å². The minimum Gasteiger partial charge on any atom is -0.329 e. The first-order chi connectivity index (χ1) is 7.57. The van der Waals surface area contributed by atoms with Gasteiger partial charge < -0.3 is 5.73 Å². The molecule has 90 valence electrons. The monoisotopic (exact) mass is 220 g/mol. The quantitative estimate of drug-likeness (QED) is 0.826. The molecule has 0 bridgehead atoms. The highest BCUT2D eigenvalue weighted by molar-refractivity contribution is 5.20. The minimum absolute atomic E-state index is 0.405. The third-order valence-corrected chi connectivity index (χ3v) is 3.48. The van der Waals surface area contributed by atoms with Crippen LogP contribution in [0.3, 0.4) is 0 Å². The Kier molecular flexibility index (Phi) is 4.97. The number of hydrogen-bond acceptors (Lipinski definition) is 2. The van der Waals surface area contributed by atoms with Crippen molar-refractivity contribution in [2.75, 3.05) is 13.6 Å². The van der Waals surface area contributed by atoms with Gasteiger partial charge in [-0.05, 0) is 32.4 Å². The fourth-order valence-corrected chi connectivity index (χ4v) is 2.08. The van der Waals surface area contributed by atoms with Gasteiger partial charge in [0.2, 0.25) is 0 Å². The summed E-state index contributed by atoms with van der Waals surface area (Å²) >= 11 is 0. The van der Waals surface area contributed by atoms with Gasteiger partial charge in [-0.25, -0.2) is 0 Å². The van der Waals surface area contributed by atoms with Gasteiger partial charge in [0.15, 0.2) is 0 Å². The molecule has 0 spiro atoms. The zero-order valence-corrected chi connectivity index (χ0v) is 10.9. The molecule has 0 aliphatic carbocycles. The van der Waals surface area contributed by atoms with Crippen LogP contribution in [-0.2, 0) is 0 Å². The summed E-state index contributed by atoms with van der Waals surface area (Å²) in [6.45, 7) is 7.37. The van der Waals surface area contributed by atoms with Crippen molar-refractivity contribution in [3.05, 3.63) is 35.9 Å². The molecule has 1 aromatic rings. The molecule has 0 fully saturated rings. The van der Waals surface area contributed by atoms with E-state index in [1.165, 1.54) is 5.56 Å². The lowest BCUT2D eigenvalue weighted by Gasteiger charge is -2.35. The predicted molar refractivity (Wildman–Crippen MR) is 70.6 cm³/mol. The second-order valence-electron chi connectivity index (χ2n) is 4.76. The number of benzene rings is 1. The maximum atomic E-state index is 5.91. The van der Waals surface area contributed by atoms with E-state index in [0.29, 0.717) is 24.5 Å². The van der Waals surface area contributed by atoms with Crippen molar-refractivity contribution in [1.29, 1.82) is 0 Å². The highest BCUT2D eigenvalue weighted by Gasteiger charge is 2.23. The molecule has 0 heterocycles. The van der Waals surface area contributed by atoms with Crippen LogP contribution in [0.4, 0.5) is 0 Å². The topological polar surface area (TPSA) is 29.3 Å². The Bertz CT molecular complexity index is 295. The lowest BCUT2D eigenvalue weighted by atomic mass is 9.92. The van der Waals surface area contributed by atoms with Crippen molar-refractivity contribution in [2.45, 2.75) is 38.8 Å². The SMILES string of the molecule is CC(c1ccccc1)C(CN)N(C)C(C)C. The maximum absolute atomic E-state index is 5.91. The van der Waals surface area contributed by atoms with E-state index in [-0.39, 0.29) is 0 Å². The number of nitrogens with zero attached hydrogens (tertiary/aromatic N) is 1. The van der Waals surface area contributed by atoms with Crippen LogP contribution in [0, 0.1) is 0 Å². The number of likely N-dealkylation sites (N-methyl/N-ethyl adjacent to an activating group) is 1. The van der Waals surface area contributed by atoms with Crippen molar-refractivity contribution in [2.24, 2.45) is 5.73 Å².